The summed E-state index contributed by atoms with van der Waals surface area (Å²) >= 11 is 20.4. The number of amides is 2. The lowest BCUT2D eigenvalue weighted by molar-refractivity contribution is -0.136. The molecule has 5 aromatic rings. The summed E-state index contributed by atoms with van der Waals surface area (Å²) in [6, 6.07) is 25.3. The molecule has 2 unspecified atom stereocenters. The lowest BCUT2D eigenvalue weighted by Crippen LogP contribution is -2.49. The van der Waals surface area contributed by atoms with Crippen molar-refractivity contribution in [2.75, 3.05) is 43.1 Å². The molecule has 4 aromatic carbocycles. The number of likely N-dealkylation sites (tertiary alicyclic amines) is 1. The molecule has 304 valence electrons. The fraction of sp³-hybridized carbons (Fsp3) is 0.319. The number of aromatic amines is 1. The highest BCUT2D eigenvalue weighted by Gasteiger charge is 2.40. The number of nitrogens with zero attached hydrogens (tertiary/aromatic N) is 3. The fourth-order valence-electron chi connectivity index (χ4n) is 9.56. The lowest BCUT2D eigenvalue weighted by atomic mass is 9.82. The Kier molecular flexibility index (Phi) is 11.1. The number of hydrogen-bond donors (Lipinski definition) is 3. The van der Waals surface area contributed by atoms with Gasteiger partial charge < -0.3 is 34.8 Å². The van der Waals surface area contributed by atoms with Crippen LogP contribution in [-0.2, 0) is 4.79 Å². The minimum Gasteiger partial charge on any atom is -0.491 e. The van der Waals surface area contributed by atoms with Crippen LogP contribution in [0.4, 0.5) is 11.4 Å². The van der Waals surface area contributed by atoms with E-state index in [2.05, 4.69) is 56.3 Å². The molecule has 0 spiro atoms. The zero-order chi connectivity index (χ0) is 40.8. The predicted octanol–water partition coefficient (Wildman–Crippen LogP) is 10.6. The van der Waals surface area contributed by atoms with E-state index in [1.165, 1.54) is 0 Å². The van der Waals surface area contributed by atoms with Gasteiger partial charge in [-0.1, -0.05) is 84.2 Å². The van der Waals surface area contributed by atoms with Crippen molar-refractivity contribution in [1.29, 1.82) is 0 Å². The number of halogens is 3. The number of H-pyrrole nitrogens is 1. The summed E-state index contributed by atoms with van der Waals surface area (Å²) in [7, 11) is 0. The van der Waals surface area contributed by atoms with Gasteiger partial charge in [0.2, 0.25) is 5.91 Å². The third-order valence-corrected chi connectivity index (χ3v) is 13.0. The Labute approximate surface area is 359 Å². The summed E-state index contributed by atoms with van der Waals surface area (Å²) in [5, 5.41) is 15.4. The molecule has 2 atom stereocenters. The second-order valence-corrected chi connectivity index (χ2v) is 17.2. The van der Waals surface area contributed by atoms with Crippen LogP contribution >= 0.6 is 34.8 Å². The molecule has 4 aliphatic rings. The van der Waals surface area contributed by atoms with E-state index in [1.54, 1.807) is 6.07 Å². The molecule has 5 heterocycles. The molecule has 0 saturated carbocycles. The van der Waals surface area contributed by atoms with Gasteiger partial charge in [-0.15, -0.1) is 0 Å². The second kappa shape index (κ2) is 16.6. The number of nitrogens with one attached hydrogen (secondary N) is 2. The van der Waals surface area contributed by atoms with E-state index >= 15 is 4.79 Å². The maximum atomic E-state index is 15.2. The molecule has 0 radical (unpaired) electrons. The molecule has 4 aliphatic heterocycles. The fourth-order valence-corrected chi connectivity index (χ4v) is 10.3. The van der Waals surface area contributed by atoms with E-state index in [-0.39, 0.29) is 43.0 Å². The van der Waals surface area contributed by atoms with E-state index in [4.69, 9.17) is 39.5 Å². The van der Waals surface area contributed by atoms with Crippen LogP contribution in [0.3, 0.4) is 0 Å². The van der Waals surface area contributed by atoms with Crippen molar-refractivity contribution in [3.63, 3.8) is 0 Å². The van der Waals surface area contributed by atoms with Gasteiger partial charge in [-0.3, -0.25) is 9.59 Å². The van der Waals surface area contributed by atoms with E-state index in [0.717, 1.165) is 102 Å². The highest BCUT2D eigenvalue weighted by atomic mass is 35.5. The number of rotatable bonds is 9. The molecule has 0 aliphatic carbocycles. The number of aromatic nitrogens is 1. The molecule has 12 heteroatoms. The van der Waals surface area contributed by atoms with Crippen LogP contribution in [0.5, 0.6) is 5.75 Å². The molecule has 2 saturated heterocycles. The standard InChI is InChI=1S/C47H46Cl3N5O4/c1-28-8-7-19-55-45(34-14-12-30(48)25-36(34)50)35-24-31(49)26-38-42(35)43(46(55)41(28)29-9-3-2-4-10-29)44(51-38)47(58)52-37-27-33(59-23-22-56)13-15-39(37)53-20-16-32(17-21-53)54-18-6-5-11-40(54)57/h2-4,7,9-10,12-15,19,24-28,32,45,51,56H,5-6,8,11,16-18,20-23H2,1H3,(H,52,58). The van der Waals surface area contributed by atoms with Gasteiger partial charge in [-0.25, -0.2) is 0 Å². The molecule has 9 rings (SSSR count). The SMILES string of the molecule is CC1CC=CN2C(=C1c1ccccc1)c1c(C(=O)Nc3cc(OCCO)ccc3N3CCC(N4CCCCC4=O)CC3)[nH]c3cc(Cl)cc(c13)C2c1ccc(Cl)cc1Cl. The van der Waals surface area contributed by atoms with Gasteiger partial charge >= 0.3 is 0 Å². The third-order valence-electron chi connectivity index (χ3n) is 12.2. The van der Waals surface area contributed by atoms with Crippen molar-refractivity contribution in [3.8, 4) is 5.75 Å². The average molecular weight is 851 g/mol. The first-order chi connectivity index (χ1) is 28.7. The number of aliphatic hydroxyl groups is 1. The number of aliphatic hydroxyl groups excluding tert-OH is 1. The number of anilines is 2. The quantitative estimate of drug-likeness (QED) is 0.137. The van der Waals surface area contributed by atoms with Gasteiger partial charge in [0, 0.05) is 75.9 Å². The zero-order valence-corrected chi connectivity index (χ0v) is 35.1. The number of ether oxygens (including phenoxy) is 1. The first kappa shape index (κ1) is 39.5. The maximum absolute atomic E-state index is 15.2. The number of piperidine rings is 2. The number of carbonyl (C=O) groups excluding carboxylic acids is 2. The Morgan fingerprint density at radius 3 is 2.51 bits per heavy atom. The van der Waals surface area contributed by atoms with Crippen LogP contribution in [0, 0.1) is 5.92 Å². The normalized spacial score (nSPS) is 19.6. The number of benzene rings is 4. The number of fused-ring (bicyclic) bond motifs is 2. The molecule has 0 bridgehead atoms. The van der Waals surface area contributed by atoms with Crippen LogP contribution in [0.15, 0.2) is 91.1 Å². The van der Waals surface area contributed by atoms with Crippen molar-refractivity contribution < 1.29 is 19.4 Å². The van der Waals surface area contributed by atoms with E-state index in [1.807, 2.05) is 60.7 Å². The monoisotopic (exact) mass is 849 g/mol. The Hall–Kier alpha value is -4.93. The number of allylic oxidation sites excluding steroid dienone is 2. The zero-order valence-electron chi connectivity index (χ0n) is 32.8. The predicted molar refractivity (Wildman–Crippen MR) is 237 cm³/mol. The van der Waals surface area contributed by atoms with Crippen molar-refractivity contribution in [2.24, 2.45) is 5.92 Å². The summed E-state index contributed by atoms with van der Waals surface area (Å²) in [4.78, 5) is 38.1. The van der Waals surface area contributed by atoms with Crippen LogP contribution in [0.2, 0.25) is 15.1 Å². The molecule has 9 nitrogen and oxygen atoms in total. The van der Waals surface area contributed by atoms with E-state index in [0.29, 0.717) is 38.6 Å². The lowest BCUT2D eigenvalue weighted by Gasteiger charge is -2.41. The van der Waals surface area contributed by atoms with E-state index < -0.39 is 0 Å². The summed E-state index contributed by atoms with van der Waals surface area (Å²) in [6.45, 7) is 4.49. The minimum atomic E-state index is -0.384. The molecule has 1 aromatic heterocycles. The maximum Gasteiger partial charge on any atom is 0.272 e. The Morgan fingerprint density at radius 1 is 0.932 bits per heavy atom. The summed E-state index contributed by atoms with van der Waals surface area (Å²) in [5.41, 5.74) is 8.22. The van der Waals surface area contributed by atoms with Gasteiger partial charge in [0.05, 0.1) is 29.7 Å². The van der Waals surface area contributed by atoms with Crippen molar-refractivity contribution >= 4 is 80.2 Å². The van der Waals surface area contributed by atoms with Crippen LogP contribution < -0.4 is 15.0 Å². The van der Waals surface area contributed by atoms with Crippen LogP contribution in [0.1, 0.15) is 84.2 Å². The van der Waals surface area contributed by atoms with Gasteiger partial charge in [0.15, 0.2) is 0 Å². The summed E-state index contributed by atoms with van der Waals surface area (Å²) in [5.74, 6) is 0.561. The van der Waals surface area contributed by atoms with Crippen LogP contribution in [0.25, 0.3) is 22.2 Å². The van der Waals surface area contributed by atoms with Crippen molar-refractivity contribution in [1.82, 2.24) is 14.8 Å². The molecular formula is C47H46Cl3N5O4. The highest BCUT2D eigenvalue weighted by Crippen LogP contribution is 2.54. The van der Waals surface area contributed by atoms with Crippen molar-refractivity contribution in [2.45, 2.75) is 57.5 Å². The topological polar surface area (TPSA) is 101 Å². The average Bonchev–Trinajstić information content (AvgIpc) is 3.53. The number of carbonyl (C=O) groups is 2. The Morgan fingerprint density at radius 2 is 1.75 bits per heavy atom. The Bertz CT molecular complexity index is 2490. The number of hydrogen-bond acceptors (Lipinski definition) is 6. The van der Waals surface area contributed by atoms with Gasteiger partial charge in [0.25, 0.3) is 5.91 Å². The second-order valence-electron chi connectivity index (χ2n) is 15.9. The highest BCUT2D eigenvalue weighted by molar-refractivity contribution is 6.35. The van der Waals surface area contributed by atoms with Crippen LogP contribution in [-0.4, -0.2) is 70.6 Å². The molecule has 3 N–H and O–H groups in total. The van der Waals surface area contributed by atoms with Gasteiger partial charge in [-0.2, -0.15) is 0 Å². The Balaban J connectivity index is 1.18. The summed E-state index contributed by atoms with van der Waals surface area (Å²) in [6.07, 6.45) is 9.40. The molecular weight excluding hydrogens is 805 g/mol. The first-order valence-electron chi connectivity index (χ1n) is 20.5. The summed E-state index contributed by atoms with van der Waals surface area (Å²) < 4.78 is 5.87. The largest absolute Gasteiger partial charge is 0.491 e. The van der Waals surface area contributed by atoms with E-state index in [9.17, 15) is 9.90 Å². The van der Waals surface area contributed by atoms with Crippen molar-refractivity contribution in [3.05, 3.63) is 134 Å². The molecule has 2 amide bonds. The van der Waals surface area contributed by atoms with Gasteiger partial charge in [-0.05, 0) is 96.7 Å². The van der Waals surface area contributed by atoms with Gasteiger partial charge in [0.1, 0.15) is 18.1 Å². The molecule has 59 heavy (non-hydrogen) atoms. The first-order valence-corrected chi connectivity index (χ1v) is 21.6. The minimum absolute atomic E-state index is 0.0971. The molecule has 2 fully saturated rings. The smallest absolute Gasteiger partial charge is 0.272 e. The third kappa shape index (κ3) is 7.48.